The van der Waals surface area contributed by atoms with Gasteiger partial charge in [0.05, 0.1) is 0 Å². The predicted molar refractivity (Wildman–Crippen MR) is 110 cm³/mol. The van der Waals surface area contributed by atoms with Crippen LogP contribution in [-0.4, -0.2) is 29.0 Å². The third-order valence-corrected chi connectivity index (χ3v) is 4.35. The second kappa shape index (κ2) is 9.09. The monoisotopic (exact) mass is 397 g/mol. The van der Waals surface area contributed by atoms with Crippen LogP contribution in [0.4, 0.5) is 31.7 Å². The number of halogens is 2. The molecule has 0 aliphatic heterocycles. The molecule has 1 amide bonds. The predicted octanol–water partition coefficient (Wildman–Crippen LogP) is 4.60. The first-order valence-corrected chi connectivity index (χ1v) is 9.20. The van der Waals surface area contributed by atoms with Gasteiger partial charge in [0.15, 0.2) is 11.6 Å². The van der Waals surface area contributed by atoms with Crippen LogP contribution in [0.5, 0.6) is 0 Å². The Morgan fingerprint density at radius 2 is 1.62 bits per heavy atom. The van der Waals surface area contributed by atoms with Gasteiger partial charge in [0.1, 0.15) is 17.8 Å². The molecular weight excluding hydrogens is 376 g/mol. The molecule has 3 aromatic rings. The van der Waals surface area contributed by atoms with Crippen LogP contribution in [0.1, 0.15) is 24.3 Å². The van der Waals surface area contributed by atoms with Gasteiger partial charge in [-0.25, -0.2) is 18.7 Å². The largest absolute Gasteiger partial charge is 0.372 e. The Morgan fingerprint density at radius 1 is 0.931 bits per heavy atom. The zero-order valence-electron chi connectivity index (χ0n) is 16.1. The molecule has 0 radical (unpaired) electrons. The second-order valence-electron chi connectivity index (χ2n) is 6.22. The summed E-state index contributed by atoms with van der Waals surface area (Å²) in [6.45, 7) is 5.97. The summed E-state index contributed by atoms with van der Waals surface area (Å²) in [5.74, 6) is -2.04. The molecule has 1 heterocycles. The summed E-state index contributed by atoms with van der Waals surface area (Å²) in [6.07, 6.45) is 1.22. The molecule has 0 fully saturated rings. The maximum atomic E-state index is 13.3. The molecule has 0 aliphatic rings. The van der Waals surface area contributed by atoms with Crippen molar-refractivity contribution in [2.75, 3.05) is 28.6 Å². The quantitative estimate of drug-likeness (QED) is 0.610. The maximum Gasteiger partial charge on any atom is 0.274 e. The van der Waals surface area contributed by atoms with E-state index in [1.54, 1.807) is 0 Å². The van der Waals surface area contributed by atoms with E-state index in [2.05, 4.69) is 39.3 Å². The number of amides is 1. The SMILES string of the molecule is CCN(CC)c1ccc(NC(=O)c2cc(Nc3ccc(F)c(F)c3)ncn2)cc1. The molecule has 8 heteroatoms. The third kappa shape index (κ3) is 5.04. The lowest BCUT2D eigenvalue weighted by molar-refractivity contribution is 0.102. The number of rotatable bonds is 7. The van der Waals surface area contributed by atoms with Crippen molar-refractivity contribution in [3.63, 3.8) is 0 Å². The van der Waals surface area contributed by atoms with Crippen molar-refractivity contribution in [2.45, 2.75) is 13.8 Å². The van der Waals surface area contributed by atoms with Crippen LogP contribution in [0.2, 0.25) is 0 Å². The van der Waals surface area contributed by atoms with E-state index in [0.717, 1.165) is 30.9 Å². The average molecular weight is 397 g/mol. The van der Waals surface area contributed by atoms with Crippen molar-refractivity contribution in [1.29, 1.82) is 0 Å². The minimum Gasteiger partial charge on any atom is -0.372 e. The Labute approximate surface area is 167 Å². The fourth-order valence-corrected chi connectivity index (χ4v) is 2.81. The van der Waals surface area contributed by atoms with E-state index in [4.69, 9.17) is 0 Å². The van der Waals surface area contributed by atoms with Gasteiger partial charge in [0.2, 0.25) is 0 Å². The van der Waals surface area contributed by atoms with E-state index < -0.39 is 17.5 Å². The van der Waals surface area contributed by atoms with Crippen molar-refractivity contribution in [1.82, 2.24) is 9.97 Å². The molecule has 150 valence electrons. The fraction of sp³-hybridized carbons (Fsp3) is 0.190. The van der Waals surface area contributed by atoms with Crippen LogP contribution in [0.25, 0.3) is 0 Å². The molecule has 1 aromatic heterocycles. The first kappa shape index (κ1) is 20.2. The number of anilines is 4. The van der Waals surface area contributed by atoms with Gasteiger partial charge in [-0.3, -0.25) is 4.79 Å². The van der Waals surface area contributed by atoms with Crippen LogP contribution >= 0.6 is 0 Å². The summed E-state index contributed by atoms with van der Waals surface area (Å²) in [6, 6.07) is 12.4. The summed E-state index contributed by atoms with van der Waals surface area (Å²) in [5.41, 5.74) is 2.16. The molecule has 29 heavy (non-hydrogen) atoms. The number of hydrogen-bond acceptors (Lipinski definition) is 5. The molecule has 6 nitrogen and oxygen atoms in total. The standard InChI is InChI=1S/C21H21F2N5O/c1-3-28(4-2)16-8-5-14(6-9-16)27-21(29)19-12-20(25-13-24-19)26-15-7-10-17(22)18(23)11-15/h5-13H,3-4H2,1-2H3,(H,27,29)(H,24,25,26). The Bertz CT molecular complexity index is 991. The van der Waals surface area contributed by atoms with Gasteiger partial charge < -0.3 is 15.5 Å². The lowest BCUT2D eigenvalue weighted by Crippen LogP contribution is -2.21. The smallest absolute Gasteiger partial charge is 0.274 e. The van der Waals surface area contributed by atoms with E-state index in [0.29, 0.717) is 11.4 Å². The molecule has 3 rings (SSSR count). The average Bonchev–Trinajstić information content (AvgIpc) is 2.73. The van der Waals surface area contributed by atoms with E-state index in [-0.39, 0.29) is 11.5 Å². The molecule has 0 aliphatic carbocycles. The van der Waals surface area contributed by atoms with Gasteiger partial charge in [-0.15, -0.1) is 0 Å². The zero-order valence-corrected chi connectivity index (χ0v) is 16.1. The summed E-state index contributed by atoms with van der Waals surface area (Å²) in [4.78, 5) is 22.7. The van der Waals surface area contributed by atoms with Crippen molar-refractivity contribution in [3.8, 4) is 0 Å². The van der Waals surface area contributed by atoms with E-state index in [1.165, 1.54) is 18.5 Å². The number of benzene rings is 2. The van der Waals surface area contributed by atoms with Gasteiger partial charge in [0, 0.05) is 42.3 Å². The fourth-order valence-electron chi connectivity index (χ4n) is 2.81. The normalized spacial score (nSPS) is 10.5. The number of nitrogens with one attached hydrogen (secondary N) is 2. The van der Waals surface area contributed by atoms with Crippen LogP contribution in [0.15, 0.2) is 54.9 Å². The molecule has 0 bridgehead atoms. The summed E-state index contributed by atoms with van der Waals surface area (Å²) >= 11 is 0. The molecule has 0 unspecified atom stereocenters. The van der Waals surface area contributed by atoms with E-state index in [1.807, 2.05) is 24.3 Å². The molecule has 0 atom stereocenters. The van der Waals surface area contributed by atoms with Gasteiger partial charge in [-0.1, -0.05) is 0 Å². The summed E-state index contributed by atoms with van der Waals surface area (Å²) in [7, 11) is 0. The zero-order chi connectivity index (χ0) is 20.8. The van der Waals surface area contributed by atoms with E-state index in [9.17, 15) is 13.6 Å². The third-order valence-electron chi connectivity index (χ3n) is 4.35. The number of nitrogens with zero attached hydrogens (tertiary/aromatic N) is 3. The highest BCUT2D eigenvalue weighted by Crippen LogP contribution is 2.20. The van der Waals surface area contributed by atoms with Crippen LogP contribution < -0.4 is 15.5 Å². The maximum absolute atomic E-state index is 13.3. The second-order valence-corrected chi connectivity index (χ2v) is 6.22. The van der Waals surface area contributed by atoms with Gasteiger partial charge in [-0.05, 0) is 50.2 Å². The number of aromatic nitrogens is 2. The Hall–Kier alpha value is -3.55. The highest BCUT2D eigenvalue weighted by Gasteiger charge is 2.11. The number of carbonyl (C=O) groups is 1. The summed E-state index contributed by atoms with van der Waals surface area (Å²) in [5, 5.41) is 5.60. The van der Waals surface area contributed by atoms with Crippen LogP contribution in [0.3, 0.4) is 0 Å². The first-order valence-electron chi connectivity index (χ1n) is 9.20. The first-order chi connectivity index (χ1) is 14.0. The highest BCUT2D eigenvalue weighted by atomic mass is 19.2. The van der Waals surface area contributed by atoms with E-state index >= 15 is 0 Å². The molecule has 2 N–H and O–H groups in total. The van der Waals surface area contributed by atoms with Gasteiger partial charge in [0.25, 0.3) is 5.91 Å². The molecule has 0 spiro atoms. The minimum atomic E-state index is -0.977. The van der Waals surface area contributed by atoms with Crippen molar-refractivity contribution >= 4 is 28.8 Å². The van der Waals surface area contributed by atoms with Crippen molar-refractivity contribution in [2.24, 2.45) is 0 Å². The Kier molecular flexibility index (Phi) is 6.33. The van der Waals surface area contributed by atoms with Crippen molar-refractivity contribution < 1.29 is 13.6 Å². The van der Waals surface area contributed by atoms with Crippen LogP contribution in [-0.2, 0) is 0 Å². The summed E-state index contributed by atoms with van der Waals surface area (Å²) < 4.78 is 26.4. The lowest BCUT2D eigenvalue weighted by Gasteiger charge is -2.21. The molecule has 0 saturated heterocycles. The highest BCUT2D eigenvalue weighted by molar-refractivity contribution is 6.03. The lowest BCUT2D eigenvalue weighted by atomic mass is 10.2. The topological polar surface area (TPSA) is 70.2 Å². The van der Waals surface area contributed by atoms with Crippen LogP contribution in [0, 0.1) is 11.6 Å². The van der Waals surface area contributed by atoms with Gasteiger partial charge >= 0.3 is 0 Å². The minimum absolute atomic E-state index is 0.137. The van der Waals surface area contributed by atoms with Gasteiger partial charge in [-0.2, -0.15) is 0 Å². The Balaban J connectivity index is 1.69. The number of hydrogen-bond donors (Lipinski definition) is 2. The Morgan fingerprint density at radius 3 is 2.28 bits per heavy atom. The molecule has 0 saturated carbocycles. The molecular formula is C21H21F2N5O. The van der Waals surface area contributed by atoms with Crippen molar-refractivity contribution in [3.05, 3.63) is 72.2 Å². The molecule has 2 aromatic carbocycles. The number of carbonyl (C=O) groups excluding carboxylic acids is 1.